The van der Waals surface area contributed by atoms with Gasteiger partial charge in [0.2, 0.25) is 11.0 Å². The maximum absolute atomic E-state index is 12.6. The Bertz CT molecular complexity index is 1380. The quantitative estimate of drug-likeness (QED) is 0.326. The van der Waals surface area contributed by atoms with E-state index in [4.69, 9.17) is 9.15 Å². The number of carbonyl (C=O) groups excluding carboxylic acids is 1. The zero-order valence-corrected chi connectivity index (χ0v) is 20.5. The van der Waals surface area contributed by atoms with Crippen LogP contribution in [0.2, 0.25) is 0 Å². The number of benzene rings is 2. The highest BCUT2D eigenvalue weighted by Gasteiger charge is 2.20. The van der Waals surface area contributed by atoms with E-state index in [9.17, 15) is 4.79 Å². The van der Waals surface area contributed by atoms with Crippen molar-refractivity contribution < 1.29 is 13.9 Å². The summed E-state index contributed by atoms with van der Waals surface area (Å²) in [6.07, 6.45) is 3.37. The standard InChI is InChI=1S/C26H27N3O3S/c1-7-31-24-17(5)25-21(22(13-32-25)19-9-8-14(2)10-15(19)3)12-20(24)16(4)11-23(30)27-26-29-28-18(6)33-26/h8-13H,7H2,1-6H3,(H,27,29,30)/b16-11+. The van der Waals surface area contributed by atoms with Crippen molar-refractivity contribution in [1.29, 1.82) is 0 Å². The molecule has 0 unspecified atom stereocenters. The molecule has 0 aliphatic rings. The molecule has 4 aromatic rings. The summed E-state index contributed by atoms with van der Waals surface area (Å²) in [6.45, 7) is 12.4. The first-order chi connectivity index (χ1) is 15.8. The molecule has 170 valence electrons. The van der Waals surface area contributed by atoms with Crippen LogP contribution >= 0.6 is 11.3 Å². The van der Waals surface area contributed by atoms with Crippen molar-refractivity contribution in [3.05, 3.63) is 63.9 Å². The number of allylic oxidation sites excluding steroid dienone is 1. The molecule has 0 saturated heterocycles. The molecular formula is C26H27N3O3S. The molecule has 1 N–H and O–H groups in total. The Morgan fingerprint density at radius 3 is 2.61 bits per heavy atom. The van der Waals surface area contributed by atoms with Crippen molar-refractivity contribution in [2.75, 3.05) is 11.9 Å². The van der Waals surface area contributed by atoms with E-state index in [0.717, 1.165) is 49.6 Å². The lowest BCUT2D eigenvalue weighted by atomic mass is 9.94. The van der Waals surface area contributed by atoms with Crippen LogP contribution in [0.5, 0.6) is 5.75 Å². The molecule has 0 atom stereocenters. The van der Waals surface area contributed by atoms with Crippen LogP contribution in [-0.2, 0) is 4.79 Å². The molecule has 4 rings (SSSR count). The lowest BCUT2D eigenvalue weighted by molar-refractivity contribution is -0.111. The van der Waals surface area contributed by atoms with Gasteiger partial charge in [-0.25, -0.2) is 0 Å². The average Bonchev–Trinajstić information content (AvgIpc) is 3.36. The van der Waals surface area contributed by atoms with Gasteiger partial charge in [-0.3, -0.25) is 10.1 Å². The molecular weight excluding hydrogens is 434 g/mol. The summed E-state index contributed by atoms with van der Waals surface area (Å²) in [7, 11) is 0. The Balaban J connectivity index is 1.82. The van der Waals surface area contributed by atoms with Crippen molar-refractivity contribution in [1.82, 2.24) is 10.2 Å². The number of fused-ring (bicyclic) bond motifs is 1. The molecule has 0 saturated carbocycles. The van der Waals surface area contributed by atoms with Crippen molar-refractivity contribution in [2.45, 2.75) is 41.5 Å². The van der Waals surface area contributed by atoms with Crippen LogP contribution in [0, 0.1) is 27.7 Å². The summed E-state index contributed by atoms with van der Waals surface area (Å²) < 4.78 is 12.0. The first-order valence-corrected chi connectivity index (χ1v) is 11.6. The van der Waals surface area contributed by atoms with Crippen molar-refractivity contribution in [3.8, 4) is 16.9 Å². The number of hydrogen-bond acceptors (Lipinski definition) is 6. The second kappa shape index (κ2) is 9.19. The zero-order valence-electron chi connectivity index (χ0n) is 19.7. The molecule has 33 heavy (non-hydrogen) atoms. The molecule has 1 amide bonds. The second-order valence-electron chi connectivity index (χ2n) is 8.10. The van der Waals surface area contributed by atoms with Gasteiger partial charge in [-0.2, -0.15) is 0 Å². The van der Waals surface area contributed by atoms with E-state index in [-0.39, 0.29) is 5.91 Å². The van der Waals surface area contributed by atoms with E-state index in [2.05, 4.69) is 53.6 Å². The molecule has 0 fully saturated rings. The first kappa shape index (κ1) is 22.7. The van der Waals surface area contributed by atoms with Gasteiger partial charge in [-0.1, -0.05) is 35.1 Å². The monoisotopic (exact) mass is 461 g/mol. The molecule has 2 aromatic heterocycles. The van der Waals surface area contributed by atoms with Crippen molar-refractivity contribution in [2.24, 2.45) is 0 Å². The summed E-state index contributed by atoms with van der Waals surface area (Å²) >= 11 is 1.34. The minimum atomic E-state index is -0.259. The number of nitrogens with one attached hydrogen (secondary N) is 1. The molecule has 0 spiro atoms. The molecule has 6 nitrogen and oxygen atoms in total. The van der Waals surface area contributed by atoms with Crippen LogP contribution in [0.1, 0.15) is 41.1 Å². The Kier molecular flexibility index (Phi) is 6.33. The highest BCUT2D eigenvalue weighted by molar-refractivity contribution is 7.15. The predicted molar refractivity (Wildman–Crippen MR) is 134 cm³/mol. The van der Waals surface area contributed by atoms with Gasteiger partial charge < -0.3 is 9.15 Å². The molecule has 2 aromatic carbocycles. The van der Waals surface area contributed by atoms with Crippen LogP contribution in [0.3, 0.4) is 0 Å². The van der Waals surface area contributed by atoms with Gasteiger partial charge in [0.05, 0.1) is 12.9 Å². The lowest BCUT2D eigenvalue weighted by Gasteiger charge is -2.15. The van der Waals surface area contributed by atoms with Gasteiger partial charge in [0.1, 0.15) is 16.3 Å². The number of hydrogen-bond donors (Lipinski definition) is 1. The van der Waals surface area contributed by atoms with E-state index >= 15 is 0 Å². The van der Waals surface area contributed by atoms with Crippen LogP contribution in [0.4, 0.5) is 5.13 Å². The topological polar surface area (TPSA) is 77.2 Å². The van der Waals surface area contributed by atoms with Crippen LogP contribution in [-0.4, -0.2) is 22.7 Å². The van der Waals surface area contributed by atoms with Crippen molar-refractivity contribution in [3.63, 3.8) is 0 Å². The maximum Gasteiger partial charge on any atom is 0.250 e. The minimum absolute atomic E-state index is 0.259. The molecule has 0 aliphatic carbocycles. The Morgan fingerprint density at radius 1 is 1.15 bits per heavy atom. The van der Waals surface area contributed by atoms with E-state index in [1.165, 1.54) is 22.5 Å². The molecule has 0 aliphatic heterocycles. The summed E-state index contributed by atoms with van der Waals surface area (Å²) in [5, 5.41) is 12.9. The second-order valence-corrected chi connectivity index (χ2v) is 9.28. The zero-order chi connectivity index (χ0) is 23.7. The lowest BCUT2D eigenvalue weighted by Crippen LogP contribution is -2.08. The fraction of sp³-hybridized carbons (Fsp3) is 0.269. The van der Waals surface area contributed by atoms with E-state index in [0.29, 0.717) is 11.7 Å². The third-order valence-corrected chi connectivity index (χ3v) is 6.29. The number of rotatable bonds is 6. The first-order valence-electron chi connectivity index (χ1n) is 10.8. The maximum atomic E-state index is 12.6. The summed E-state index contributed by atoms with van der Waals surface area (Å²) in [4.78, 5) is 12.6. The number of aryl methyl sites for hydroxylation is 4. The fourth-order valence-electron chi connectivity index (χ4n) is 4.03. The summed E-state index contributed by atoms with van der Waals surface area (Å²) in [6, 6.07) is 8.45. The van der Waals surface area contributed by atoms with Gasteiger partial charge >= 0.3 is 0 Å². The number of anilines is 1. The van der Waals surface area contributed by atoms with Gasteiger partial charge in [0.25, 0.3) is 0 Å². The molecule has 7 heteroatoms. The number of aromatic nitrogens is 2. The number of amides is 1. The molecule has 0 radical (unpaired) electrons. The Labute approximate surface area is 197 Å². The minimum Gasteiger partial charge on any atom is -0.493 e. The highest BCUT2D eigenvalue weighted by atomic mass is 32.1. The van der Waals surface area contributed by atoms with Crippen LogP contribution < -0.4 is 10.1 Å². The largest absolute Gasteiger partial charge is 0.493 e. The van der Waals surface area contributed by atoms with Gasteiger partial charge in [0, 0.05) is 28.2 Å². The third-order valence-electron chi connectivity index (χ3n) is 5.53. The van der Waals surface area contributed by atoms with Gasteiger partial charge in [-0.15, -0.1) is 10.2 Å². The predicted octanol–water partition coefficient (Wildman–Crippen LogP) is 6.63. The van der Waals surface area contributed by atoms with Crippen LogP contribution in [0.15, 0.2) is 41.0 Å². The number of nitrogens with zero attached hydrogens (tertiary/aromatic N) is 2. The number of ether oxygens (including phenoxy) is 1. The van der Waals surface area contributed by atoms with E-state index in [1.807, 2.05) is 27.7 Å². The van der Waals surface area contributed by atoms with Gasteiger partial charge in [-0.05, 0) is 64.3 Å². The third kappa shape index (κ3) is 4.54. The molecule has 2 heterocycles. The fourth-order valence-corrected chi connectivity index (χ4v) is 4.62. The molecule has 0 bridgehead atoms. The Hall–Kier alpha value is -3.45. The average molecular weight is 462 g/mol. The normalized spacial score (nSPS) is 11.8. The Morgan fingerprint density at radius 2 is 1.94 bits per heavy atom. The number of furan rings is 1. The number of carbonyl (C=O) groups is 1. The van der Waals surface area contributed by atoms with Crippen molar-refractivity contribution >= 4 is 38.9 Å². The van der Waals surface area contributed by atoms with Gasteiger partial charge in [0.15, 0.2) is 0 Å². The summed E-state index contributed by atoms with van der Waals surface area (Å²) in [5.41, 5.74) is 7.90. The van der Waals surface area contributed by atoms with E-state index < -0.39 is 0 Å². The van der Waals surface area contributed by atoms with E-state index in [1.54, 1.807) is 12.3 Å². The van der Waals surface area contributed by atoms with Crippen LogP contribution in [0.25, 0.3) is 27.7 Å². The smallest absolute Gasteiger partial charge is 0.250 e. The highest BCUT2D eigenvalue weighted by Crippen LogP contribution is 2.41. The summed E-state index contributed by atoms with van der Waals surface area (Å²) in [5.74, 6) is 0.463. The SMILES string of the molecule is CCOc1c(/C(C)=C/C(=O)Nc2nnc(C)s2)cc2c(-c3ccc(C)cc3C)coc2c1C.